The summed E-state index contributed by atoms with van der Waals surface area (Å²) < 4.78 is 7.70. The number of aliphatic hydroxyl groups excluding tert-OH is 1. The second kappa shape index (κ2) is 8.61. The number of fused-ring (bicyclic) bond motifs is 1. The van der Waals surface area contributed by atoms with Crippen molar-refractivity contribution in [3.63, 3.8) is 0 Å². The first-order valence-corrected chi connectivity index (χ1v) is 10.9. The van der Waals surface area contributed by atoms with Gasteiger partial charge in [-0.3, -0.25) is 4.79 Å². The summed E-state index contributed by atoms with van der Waals surface area (Å²) in [5, 5.41) is 10.8. The van der Waals surface area contributed by atoms with Crippen LogP contribution in [0.2, 0.25) is 0 Å². The van der Waals surface area contributed by atoms with E-state index in [1.165, 1.54) is 19.2 Å². The van der Waals surface area contributed by atoms with Crippen LogP contribution >= 0.6 is 0 Å². The maximum Gasteiger partial charge on any atom is 0.260 e. The molecule has 1 saturated carbocycles. The Bertz CT molecular complexity index is 1260. The summed E-state index contributed by atoms with van der Waals surface area (Å²) in [7, 11) is 2.04. The van der Waals surface area contributed by atoms with Gasteiger partial charge >= 0.3 is 0 Å². The fourth-order valence-electron chi connectivity index (χ4n) is 4.05. The molecule has 5 rings (SSSR count). The van der Waals surface area contributed by atoms with Gasteiger partial charge in [0.25, 0.3) is 5.56 Å². The zero-order chi connectivity index (χ0) is 22.1. The molecule has 1 aliphatic carbocycles. The van der Waals surface area contributed by atoms with E-state index in [0.717, 1.165) is 16.8 Å². The van der Waals surface area contributed by atoms with E-state index in [4.69, 9.17) is 4.74 Å². The third-order valence-corrected chi connectivity index (χ3v) is 5.90. The van der Waals surface area contributed by atoms with Crippen molar-refractivity contribution in [1.29, 1.82) is 0 Å². The average molecular weight is 431 g/mol. The van der Waals surface area contributed by atoms with Crippen LogP contribution in [0.5, 0.6) is 5.75 Å². The number of aliphatic hydroxyl groups is 1. The smallest absolute Gasteiger partial charge is 0.260 e. The predicted molar refractivity (Wildman–Crippen MR) is 124 cm³/mol. The lowest BCUT2D eigenvalue weighted by Crippen LogP contribution is -2.34. The van der Waals surface area contributed by atoms with Gasteiger partial charge in [-0.1, -0.05) is 30.3 Å². The molecule has 0 amide bonds. The Kier molecular flexibility index (Phi) is 5.51. The Balaban J connectivity index is 1.38. The summed E-state index contributed by atoms with van der Waals surface area (Å²) >= 11 is 0. The molecule has 0 bridgehead atoms. The summed E-state index contributed by atoms with van der Waals surface area (Å²) in [5.41, 5.74) is 3.09. The van der Waals surface area contributed by atoms with Crippen LogP contribution in [-0.4, -0.2) is 56.9 Å². The number of hydrogen-bond acceptors (Lipinski definition) is 5. The molecule has 0 aliphatic heterocycles. The number of benzene rings is 2. The van der Waals surface area contributed by atoms with Crippen molar-refractivity contribution in [2.24, 2.45) is 0 Å². The number of ether oxygens (including phenoxy) is 1. The topological polar surface area (TPSA) is 83.4 Å². The number of likely N-dealkylation sites (N-methyl/N-ethyl adjacent to an activating group) is 1. The van der Waals surface area contributed by atoms with E-state index in [1.807, 2.05) is 72.4 Å². The van der Waals surface area contributed by atoms with Gasteiger partial charge in [0.2, 0.25) is 0 Å². The van der Waals surface area contributed by atoms with E-state index in [9.17, 15) is 9.90 Å². The van der Waals surface area contributed by atoms with Crippen LogP contribution in [0, 0.1) is 0 Å². The standard InChI is InChI=1S/C25H26N4O3/c1-28(18-7-8-18)13-20(30)15-32-21-11-9-19(10-12-21)29-14-22(17-5-3-2-4-6-17)23-24(29)26-16-27-25(23)31/h2-6,9-12,14,16,18,20,30H,7-8,13,15H2,1H3,(H,26,27,31). The SMILES string of the molecule is CN(CC(O)COc1ccc(-n2cc(-c3ccccc3)c3c(=O)[nH]cnc32)cc1)C1CC1. The highest BCUT2D eigenvalue weighted by molar-refractivity contribution is 5.94. The summed E-state index contributed by atoms with van der Waals surface area (Å²) in [6, 6.07) is 18.0. The first-order valence-electron chi connectivity index (χ1n) is 10.9. The Labute approximate surface area is 185 Å². The molecular weight excluding hydrogens is 404 g/mol. The molecule has 32 heavy (non-hydrogen) atoms. The average Bonchev–Trinajstić information content (AvgIpc) is 3.59. The number of aromatic nitrogens is 3. The fraction of sp³-hybridized carbons (Fsp3) is 0.280. The van der Waals surface area contributed by atoms with Crippen molar-refractivity contribution in [2.75, 3.05) is 20.2 Å². The van der Waals surface area contributed by atoms with Gasteiger partial charge in [-0.2, -0.15) is 0 Å². The maximum atomic E-state index is 12.6. The molecule has 2 aromatic carbocycles. The second-order valence-corrected chi connectivity index (χ2v) is 8.34. The van der Waals surface area contributed by atoms with Crippen LogP contribution < -0.4 is 10.3 Å². The van der Waals surface area contributed by atoms with Gasteiger partial charge in [-0.25, -0.2) is 4.98 Å². The Morgan fingerprint density at radius 2 is 1.94 bits per heavy atom. The van der Waals surface area contributed by atoms with Crippen LogP contribution in [0.15, 0.2) is 71.9 Å². The first kappa shape index (κ1) is 20.5. The number of nitrogens with one attached hydrogen (secondary N) is 1. The molecule has 2 N–H and O–H groups in total. The zero-order valence-corrected chi connectivity index (χ0v) is 17.9. The normalized spacial score (nSPS) is 14.7. The highest BCUT2D eigenvalue weighted by atomic mass is 16.5. The lowest BCUT2D eigenvalue weighted by Gasteiger charge is -2.20. The van der Waals surface area contributed by atoms with Gasteiger partial charge in [0.1, 0.15) is 18.5 Å². The minimum atomic E-state index is -0.530. The summed E-state index contributed by atoms with van der Waals surface area (Å²) in [6.07, 6.45) is 5.26. The molecule has 7 nitrogen and oxygen atoms in total. The first-order chi connectivity index (χ1) is 15.6. The largest absolute Gasteiger partial charge is 0.491 e. The molecule has 2 heterocycles. The molecule has 1 atom stereocenters. The third-order valence-electron chi connectivity index (χ3n) is 5.90. The number of H-pyrrole nitrogens is 1. The minimum absolute atomic E-state index is 0.169. The van der Waals surface area contributed by atoms with Gasteiger partial charge < -0.3 is 24.3 Å². The zero-order valence-electron chi connectivity index (χ0n) is 17.9. The van der Waals surface area contributed by atoms with E-state index < -0.39 is 6.10 Å². The van der Waals surface area contributed by atoms with Gasteiger partial charge in [0.05, 0.1) is 11.7 Å². The van der Waals surface area contributed by atoms with E-state index in [1.54, 1.807) is 0 Å². The van der Waals surface area contributed by atoms with Gasteiger partial charge in [-0.15, -0.1) is 0 Å². The monoisotopic (exact) mass is 430 g/mol. The van der Waals surface area contributed by atoms with Crippen molar-refractivity contribution in [2.45, 2.75) is 25.0 Å². The number of rotatable bonds is 8. The second-order valence-electron chi connectivity index (χ2n) is 8.34. The van der Waals surface area contributed by atoms with Crippen molar-refractivity contribution in [1.82, 2.24) is 19.4 Å². The van der Waals surface area contributed by atoms with Crippen LogP contribution in [0.25, 0.3) is 27.8 Å². The number of hydrogen-bond donors (Lipinski definition) is 2. The number of nitrogens with zero attached hydrogens (tertiary/aromatic N) is 3. The van der Waals surface area contributed by atoms with Gasteiger partial charge in [0, 0.05) is 30.0 Å². The molecule has 7 heteroatoms. The van der Waals surface area contributed by atoms with Gasteiger partial charge in [-0.05, 0) is 49.7 Å². The predicted octanol–water partition coefficient (Wildman–Crippen LogP) is 3.21. The molecule has 1 aliphatic rings. The molecule has 0 saturated heterocycles. The molecule has 4 aromatic rings. The molecule has 1 fully saturated rings. The Hall–Kier alpha value is -3.42. The van der Waals surface area contributed by atoms with E-state index in [-0.39, 0.29) is 12.2 Å². The lowest BCUT2D eigenvalue weighted by atomic mass is 10.1. The Morgan fingerprint density at radius 1 is 1.19 bits per heavy atom. The van der Waals surface area contributed by atoms with Crippen molar-refractivity contribution in [3.05, 3.63) is 77.5 Å². The van der Waals surface area contributed by atoms with Crippen molar-refractivity contribution >= 4 is 11.0 Å². The molecule has 164 valence electrons. The fourth-order valence-corrected chi connectivity index (χ4v) is 4.05. The van der Waals surface area contributed by atoms with E-state index in [2.05, 4.69) is 14.9 Å². The number of aromatic amines is 1. The highest BCUT2D eigenvalue weighted by Crippen LogP contribution is 2.30. The molecule has 0 radical (unpaired) electrons. The highest BCUT2D eigenvalue weighted by Gasteiger charge is 2.27. The molecule has 2 aromatic heterocycles. The van der Waals surface area contributed by atoms with Crippen LogP contribution in [0.4, 0.5) is 0 Å². The molecule has 0 spiro atoms. The van der Waals surface area contributed by atoms with Crippen LogP contribution in [0.3, 0.4) is 0 Å². The van der Waals surface area contributed by atoms with Crippen molar-refractivity contribution in [3.8, 4) is 22.6 Å². The van der Waals surface area contributed by atoms with Gasteiger partial charge in [0.15, 0.2) is 5.65 Å². The Morgan fingerprint density at radius 3 is 2.66 bits per heavy atom. The van der Waals surface area contributed by atoms with Crippen LogP contribution in [0.1, 0.15) is 12.8 Å². The van der Waals surface area contributed by atoms with E-state index in [0.29, 0.717) is 29.4 Å². The maximum absolute atomic E-state index is 12.6. The summed E-state index contributed by atoms with van der Waals surface area (Å²) in [5.74, 6) is 0.687. The minimum Gasteiger partial charge on any atom is -0.491 e. The summed E-state index contributed by atoms with van der Waals surface area (Å²) in [4.78, 5) is 21.9. The quantitative estimate of drug-likeness (QED) is 0.449. The summed E-state index contributed by atoms with van der Waals surface area (Å²) in [6.45, 7) is 0.860. The van der Waals surface area contributed by atoms with Crippen LogP contribution in [-0.2, 0) is 0 Å². The van der Waals surface area contributed by atoms with Crippen molar-refractivity contribution < 1.29 is 9.84 Å². The lowest BCUT2D eigenvalue weighted by molar-refractivity contribution is 0.0742. The molecular formula is C25H26N4O3. The molecule has 1 unspecified atom stereocenters. The van der Waals surface area contributed by atoms with E-state index >= 15 is 0 Å². The third kappa shape index (κ3) is 4.17.